The number of hydrogen-bond donors (Lipinski definition) is 1. The lowest BCUT2D eigenvalue weighted by Crippen LogP contribution is -2.37. The van der Waals surface area contributed by atoms with Crippen molar-refractivity contribution in [2.24, 2.45) is 0 Å². The minimum absolute atomic E-state index is 0.103. The number of nitrogens with zero attached hydrogens (tertiary/aromatic N) is 1. The monoisotopic (exact) mass is 408 g/mol. The highest BCUT2D eigenvalue weighted by Gasteiger charge is 2.26. The fraction of sp³-hybridized carbons (Fsp3) is 0.217. The number of nitrogens with one attached hydrogen (secondary N) is 1. The molecule has 0 saturated heterocycles. The summed E-state index contributed by atoms with van der Waals surface area (Å²) in [6.45, 7) is 1.08. The number of amides is 2. The molecule has 6 nitrogen and oxygen atoms in total. The van der Waals surface area contributed by atoms with E-state index in [0.29, 0.717) is 43.1 Å². The van der Waals surface area contributed by atoms with Gasteiger partial charge in [-0.25, -0.2) is 4.39 Å². The van der Waals surface area contributed by atoms with Gasteiger partial charge in [0, 0.05) is 24.2 Å². The Labute approximate surface area is 173 Å². The average Bonchev–Trinajstić information content (AvgIpc) is 3.28. The first-order chi connectivity index (χ1) is 14.6. The number of carbonyl (C=O) groups excluding carboxylic acids is 2. The molecule has 0 saturated carbocycles. The topological polar surface area (TPSA) is 71.8 Å². The van der Waals surface area contributed by atoms with E-state index in [-0.39, 0.29) is 24.2 Å². The number of furan rings is 1. The van der Waals surface area contributed by atoms with Crippen molar-refractivity contribution in [3.8, 4) is 5.75 Å². The van der Waals surface area contributed by atoms with Crippen LogP contribution < -0.4 is 10.1 Å². The Bertz CT molecular complexity index is 1030. The first-order valence-electron chi connectivity index (χ1n) is 9.67. The number of benzene rings is 2. The van der Waals surface area contributed by atoms with Crippen LogP contribution in [0, 0.1) is 5.82 Å². The van der Waals surface area contributed by atoms with Crippen LogP contribution in [-0.4, -0.2) is 29.9 Å². The molecule has 1 aliphatic heterocycles. The fourth-order valence-corrected chi connectivity index (χ4v) is 3.43. The molecular formula is C23H21FN2O4. The van der Waals surface area contributed by atoms with Crippen molar-refractivity contribution in [3.05, 3.63) is 89.1 Å². The highest BCUT2D eigenvalue weighted by Crippen LogP contribution is 2.28. The lowest BCUT2D eigenvalue weighted by Gasteiger charge is -2.29. The molecule has 30 heavy (non-hydrogen) atoms. The van der Waals surface area contributed by atoms with Gasteiger partial charge in [-0.15, -0.1) is 0 Å². The molecule has 154 valence electrons. The second-order valence-corrected chi connectivity index (χ2v) is 7.03. The molecule has 0 unspecified atom stereocenters. The molecule has 2 aromatic carbocycles. The average molecular weight is 408 g/mol. The maximum atomic E-state index is 13.1. The predicted molar refractivity (Wildman–Crippen MR) is 107 cm³/mol. The van der Waals surface area contributed by atoms with Crippen molar-refractivity contribution in [2.45, 2.75) is 19.5 Å². The van der Waals surface area contributed by atoms with Gasteiger partial charge in [0.05, 0.1) is 12.8 Å². The third-order valence-electron chi connectivity index (χ3n) is 4.97. The van der Waals surface area contributed by atoms with Crippen molar-refractivity contribution in [3.63, 3.8) is 0 Å². The molecule has 0 atom stereocenters. The Hall–Kier alpha value is -3.61. The summed E-state index contributed by atoms with van der Waals surface area (Å²) in [6.07, 6.45) is 2.16. The van der Waals surface area contributed by atoms with Crippen LogP contribution in [0.25, 0.3) is 0 Å². The zero-order chi connectivity index (χ0) is 20.9. The van der Waals surface area contributed by atoms with E-state index in [1.807, 2.05) is 0 Å². The van der Waals surface area contributed by atoms with Crippen LogP contribution in [0.4, 0.5) is 4.39 Å². The normalized spacial score (nSPS) is 13.1. The number of halogens is 1. The molecule has 0 bridgehead atoms. The van der Waals surface area contributed by atoms with Gasteiger partial charge in [-0.3, -0.25) is 9.59 Å². The van der Waals surface area contributed by atoms with E-state index in [1.165, 1.54) is 12.1 Å². The molecular weight excluding hydrogens is 387 g/mol. The quantitative estimate of drug-likeness (QED) is 0.651. The molecule has 3 aromatic rings. The molecule has 0 spiro atoms. The number of carbonyl (C=O) groups is 2. The second-order valence-electron chi connectivity index (χ2n) is 7.03. The van der Waals surface area contributed by atoms with Gasteiger partial charge >= 0.3 is 0 Å². The molecule has 7 heteroatoms. The van der Waals surface area contributed by atoms with Gasteiger partial charge in [0.1, 0.15) is 17.3 Å². The van der Waals surface area contributed by atoms with Crippen LogP contribution in [0.15, 0.2) is 65.3 Å². The number of rotatable bonds is 7. The van der Waals surface area contributed by atoms with E-state index in [9.17, 15) is 14.0 Å². The Morgan fingerprint density at radius 3 is 2.73 bits per heavy atom. The highest BCUT2D eigenvalue weighted by atomic mass is 19.1. The van der Waals surface area contributed by atoms with Crippen molar-refractivity contribution < 1.29 is 23.1 Å². The van der Waals surface area contributed by atoms with Gasteiger partial charge < -0.3 is 19.4 Å². The number of hydrogen-bond acceptors (Lipinski definition) is 4. The summed E-state index contributed by atoms with van der Waals surface area (Å²) < 4.78 is 24.0. The molecule has 2 amide bonds. The van der Waals surface area contributed by atoms with Crippen molar-refractivity contribution in [1.29, 1.82) is 0 Å². The van der Waals surface area contributed by atoms with Gasteiger partial charge in [-0.05, 0) is 48.4 Å². The third-order valence-corrected chi connectivity index (χ3v) is 4.97. The number of ether oxygens (including phenoxy) is 1. The van der Waals surface area contributed by atoms with Crippen LogP contribution in [0.3, 0.4) is 0 Å². The SMILES string of the molecule is O=C(COc1cccc2c1CCN(Cc1ccc(F)cc1)C2=O)NCc1ccco1. The summed E-state index contributed by atoms with van der Waals surface area (Å²) in [7, 11) is 0. The van der Waals surface area contributed by atoms with E-state index in [4.69, 9.17) is 9.15 Å². The van der Waals surface area contributed by atoms with Crippen molar-refractivity contribution in [1.82, 2.24) is 10.2 Å². The molecule has 4 rings (SSSR count). The number of fused-ring (bicyclic) bond motifs is 1. The molecule has 2 heterocycles. The maximum absolute atomic E-state index is 13.1. The predicted octanol–water partition coefficient (Wildman–Crippen LogP) is 3.31. The van der Waals surface area contributed by atoms with E-state index >= 15 is 0 Å². The fourth-order valence-electron chi connectivity index (χ4n) is 3.43. The van der Waals surface area contributed by atoms with E-state index < -0.39 is 0 Å². The van der Waals surface area contributed by atoms with Crippen LogP contribution >= 0.6 is 0 Å². The van der Waals surface area contributed by atoms with Gasteiger partial charge in [-0.1, -0.05) is 18.2 Å². The van der Waals surface area contributed by atoms with E-state index in [2.05, 4.69) is 5.32 Å². The van der Waals surface area contributed by atoms with Crippen LogP contribution in [0.2, 0.25) is 0 Å². The summed E-state index contributed by atoms with van der Waals surface area (Å²) in [6, 6.07) is 14.9. The smallest absolute Gasteiger partial charge is 0.258 e. The standard InChI is InChI=1S/C23H21FN2O4/c24-17-8-6-16(7-9-17)14-26-11-10-19-20(23(26)28)4-1-5-21(19)30-15-22(27)25-13-18-3-2-12-29-18/h1-9,12H,10-11,13-15H2,(H,25,27). The second kappa shape index (κ2) is 8.82. The molecule has 1 N–H and O–H groups in total. The molecule has 1 aliphatic rings. The third kappa shape index (κ3) is 4.51. The Morgan fingerprint density at radius 1 is 1.13 bits per heavy atom. The molecule has 0 radical (unpaired) electrons. The lowest BCUT2D eigenvalue weighted by atomic mass is 9.97. The van der Waals surface area contributed by atoms with E-state index in [1.54, 1.807) is 53.6 Å². The van der Waals surface area contributed by atoms with Crippen molar-refractivity contribution in [2.75, 3.05) is 13.2 Å². The molecule has 0 aliphatic carbocycles. The summed E-state index contributed by atoms with van der Waals surface area (Å²) in [5.74, 6) is 0.518. The maximum Gasteiger partial charge on any atom is 0.258 e. The zero-order valence-electron chi connectivity index (χ0n) is 16.3. The van der Waals surface area contributed by atoms with Crippen molar-refractivity contribution >= 4 is 11.8 Å². The minimum Gasteiger partial charge on any atom is -0.483 e. The highest BCUT2D eigenvalue weighted by molar-refractivity contribution is 5.97. The Morgan fingerprint density at radius 2 is 1.97 bits per heavy atom. The Kier molecular flexibility index (Phi) is 5.79. The summed E-state index contributed by atoms with van der Waals surface area (Å²) in [5, 5.41) is 2.72. The van der Waals surface area contributed by atoms with Gasteiger partial charge in [0.25, 0.3) is 11.8 Å². The van der Waals surface area contributed by atoms with Crippen LogP contribution in [0.1, 0.15) is 27.2 Å². The molecule has 0 fully saturated rings. The van der Waals surface area contributed by atoms with Gasteiger partial charge in [0.15, 0.2) is 6.61 Å². The lowest BCUT2D eigenvalue weighted by molar-refractivity contribution is -0.123. The summed E-state index contributed by atoms with van der Waals surface area (Å²) in [4.78, 5) is 26.7. The van der Waals surface area contributed by atoms with Crippen LogP contribution in [0.5, 0.6) is 5.75 Å². The first-order valence-corrected chi connectivity index (χ1v) is 9.67. The summed E-state index contributed by atoms with van der Waals surface area (Å²) >= 11 is 0. The van der Waals surface area contributed by atoms with Gasteiger partial charge in [-0.2, -0.15) is 0 Å². The zero-order valence-corrected chi connectivity index (χ0v) is 16.3. The summed E-state index contributed by atoms with van der Waals surface area (Å²) in [5.41, 5.74) is 2.24. The molecule has 1 aromatic heterocycles. The van der Waals surface area contributed by atoms with E-state index in [0.717, 1.165) is 11.1 Å². The Balaban J connectivity index is 1.38. The van der Waals surface area contributed by atoms with Gasteiger partial charge in [0.2, 0.25) is 0 Å². The minimum atomic E-state index is -0.302. The largest absolute Gasteiger partial charge is 0.483 e. The van der Waals surface area contributed by atoms with Crippen LogP contribution in [-0.2, 0) is 24.3 Å². The first kappa shape index (κ1) is 19.7.